The Morgan fingerprint density at radius 3 is 2.60 bits per heavy atom. The minimum Gasteiger partial charge on any atom is -0.353 e. The largest absolute Gasteiger partial charge is 0.353 e. The Morgan fingerprint density at radius 1 is 1.20 bits per heavy atom. The smallest absolute Gasteiger partial charge is 0.254 e. The Labute approximate surface area is 177 Å². The van der Waals surface area contributed by atoms with E-state index in [1.54, 1.807) is 11.9 Å². The number of aryl methyl sites for hydroxylation is 1. The molecule has 0 unspecified atom stereocenters. The molecule has 0 aromatic heterocycles. The third-order valence-corrected chi connectivity index (χ3v) is 5.22. The van der Waals surface area contributed by atoms with E-state index in [-0.39, 0.29) is 18.4 Å². The predicted octanol–water partition coefficient (Wildman–Crippen LogP) is 1.77. The van der Waals surface area contributed by atoms with Crippen molar-refractivity contribution in [3.05, 3.63) is 70.8 Å². The summed E-state index contributed by atoms with van der Waals surface area (Å²) < 4.78 is 0. The average Bonchev–Trinajstić information content (AvgIpc) is 2.76. The lowest BCUT2D eigenvalue weighted by Crippen LogP contribution is -2.49. The normalized spacial score (nSPS) is 14.3. The fraction of sp³-hybridized carbons (Fsp3) is 0.348. The minimum absolute atomic E-state index is 0.113. The molecule has 3 rings (SSSR count). The van der Waals surface area contributed by atoms with Crippen LogP contribution in [0.4, 0.5) is 0 Å². The number of rotatable bonds is 5. The topological polar surface area (TPSA) is 77.0 Å². The van der Waals surface area contributed by atoms with E-state index < -0.39 is 0 Å². The molecule has 7 nitrogen and oxygen atoms in total. The molecular formula is C23H29N5O2. The van der Waals surface area contributed by atoms with E-state index in [0.717, 1.165) is 18.1 Å². The number of hydrogen-bond acceptors (Lipinski definition) is 3. The lowest BCUT2D eigenvalue weighted by atomic mass is 10.1. The Bertz CT molecular complexity index is 923. The van der Waals surface area contributed by atoms with Gasteiger partial charge < -0.3 is 20.4 Å². The van der Waals surface area contributed by atoms with Gasteiger partial charge in [0.05, 0.1) is 6.54 Å². The highest BCUT2D eigenvalue weighted by atomic mass is 16.2. The lowest BCUT2D eigenvalue weighted by molar-refractivity contribution is -0.123. The number of piperazine rings is 1. The van der Waals surface area contributed by atoms with Gasteiger partial charge in [-0.1, -0.05) is 36.4 Å². The molecule has 1 heterocycles. The molecule has 1 fully saturated rings. The van der Waals surface area contributed by atoms with Gasteiger partial charge in [-0.3, -0.25) is 14.6 Å². The van der Waals surface area contributed by atoms with E-state index in [1.807, 2.05) is 43.4 Å². The van der Waals surface area contributed by atoms with E-state index in [9.17, 15) is 9.59 Å². The van der Waals surface area contributed by atoms with Gasteiger partial charge in [0.1, 0.15) is 0 Å². The Hall–Kier alpha value is -3.35. The highest BCUT2D eigenvalue weighted by Crippen LogP contribution is 2.11. The second-order valence-electron chi connectivity index (χ2n) is 7.46. The summed E-state index contributed by atoms with van der Waals surface area (Å²) in [6, 6.07) is 15.8. The highest BCUT2D eigenvalue weighted by molar-refractivity contribution is 5.97. The molecule has 0 atom stereocenters. The molecule has 1 saturated heterocycles. The molecule has 2 N–H and O–H groups in total. The summed E-state index contributed by atoms with van der Waals surface area (Å²) in [5, 5.41) is 6.10. The van der Waals surface area contributed by atoms with Crippen LogP contribution in [-0.4, -0.2) is 61.3 Å². The molecule has 1 aliphatic rings. The maximum absolute atomic E-state index is 12.6. The molecule has 0 spiro atoms. The molecule has 7 heteroatoms. The van der Waals surface area contributed by atoms with Crippen LogP contribution >= 0.6 is 0 Å². The number of carbonyl (C=O) groups is 2. The van der Waals surface area contributed by atoms with Crippen LogP contribution in [0.2, 0.25) is 0 Å². The van der Waals surface area contributed by atoms with E-state index in [0.29, 0.717) is 25.2 Å². The van der Waals surface area contributed by atoms with E-state index in [4.69, 9.17) is 0 Å². The molecular weight excluding hydrogens is 378 g/mol. The third-order valence-electron chi connectivity index (χ3n) is 5.22. The molecule has 0 bridgehead atoms. The van der Waals surface area contributed by atoms with Gasteiger partial charge >= 0.3 is 0 Å². The van der Waals surface area contributed by atoms with Gasteiger partial charge in [0.25, 0.3) is 5.91 Å². The standard InChI is InChI=1S/C23H29N5O2/c1-17-6-4-5-7-20(17)15-27(3)23(24-2)26-14-18-8-10-19(11-9-18)22(30)28-13-12-25-21(29)16-28/h4-11H,12-16H2,1-3H3,(H,24,26)(H,25,29). The number of amides is 2. The monoisotopic (exact) mass is 407 g/mol. The SMILES string of the molecule is CN=C(NCc1ccc(C(=O)N2CCNC(=O)C2)cc1)N(C)Cc1ccccc1C. The quantitative estimate of drug-likeness (QED) is 0.585. The second-order valence-corrected chi connectivity index (χ2v) is 7.46. The van der Waals surface area contributed by atoms with Crippen molar-refractivity contribution in [1.82, 2.24) is 20.4 Å². The number of nitrogens with one attached hydrogen (secondary N) is 2. The van der Waals surface area contributed by atoms with Gasteiger partial charge in [0.15, 0.2) is 5.96 Å². The summed E-state index contributed by atoms with van der Waals surface area (Å²) in [5.74, 6) is 0.576. The van der Waals surface area contributed by atoms with Crippen LogP contribution in [0, 0.1) is 6.92 Å². The van der Waals surface area contributed by atoms with E-state index in [2.05, 4.69) is 39.6 Å². The summed E-state index contributed by atoms with van der Waals surface area (Å²) >= 11 is 0. The van der Waals surface area contributed by atoms with Gasteiger partial charge in [0, 0.05) is 45.8 Å². The van der Waals surface area contributed by atoms with E-state index in [1.165, 1.54) is 11.1 Å². The third kappa shape index (κ3) is 5.37. The Kier molecular flexibility index (Phi) is 7.06. The number of nitrogens with zero attached hydrogens (tertiary/aromatic N) is 3. The van der Waals surface area contributed by atoms with Crippen molar-refractivity contribution in [1.29, 1.82) is 0 Å². The van der Waals surface area contributed by atoms with Crippen molar-refractivity contribution in [3.63, 3.8) is 0 Å². The van der Waals surface area contributed by atoms with Crippen LogP contribution in [0.1, 0.15) is 27.0 Å². The summed E-state index contributed by atoms with van der Waals surface area (Å²) in [7, 11) is 3.78. The maximum Gasteiger partial charge on any atom is 0.254 e. The van der Waals surface area contributed by atoms with Crippen LogP contribution in [0.3, 0.4) is 0 Å². The molecule has 0 aliphatic carbocycles. The number of hydrogen-bond donors (Lipinski definition) is 2. The first-order valence-corrected chi connectivity index (χ1v) is 10.1. The van der Waals surface area contributed by atoms with Crippen molar-refractivity contribution in [2.24, 2.45) is 4.99 Å². The average molecular weight is 408 g/mol. The lowest BCUT2D eigenvalue weighted by Gasteiger charge is -2.26. The first-order chi connectivity index (χ1) is 14.5. The van der Waals surface area contributed by atoms with Gasteiger partial charge in [0.2, 0.25) is 5.91 Å². The summed E-state index contributed by atoms with van der Waals surface area (Å²) in [5.41, 5.74) is 4.16. The van der Waals surface area contributed by atoms with Crippen molar-refractivity contribution >= 4 is 17.8 Å². The second kappa shape index (κ2) is 9.91. The van der Waals surface area contributed by atoms with Gasteiger partial charge in [-0.25, -0.2) is 0 Å². The first kappa shape index (κ1) is 21.4. The number of guanidine groups is 1. The molecule has 1 aliphatic heterocycles. The van der Waals surface area contributed by atoms with Crippen molar-refractivity contribution in [3.8, 4) is 0 Å². The van der Waals surface area contributed by atoms with Crippen molar-refractivity contribution in [2.45, 2.75) is 20.0 Å². The highest BCUT2D eigenvalue weighted by Gasteiger charge is 2.22. The molecule has 2 aromatic carbocycles. The summed E-state index contributed by atoms with van der Waals surface area (Å²) in [6.07, 6.45) is 0. The maximum atomic E-state index is 12.6. The minimum atomic E-state index is -0.114. The van der Waals surface area contributed by atoms with Gasteiger partial charge in [-0.2, -0.15) is 0 Å². The molecule has 30 heavy (non-hydrogen) atoms. The summed E-state index contributed by atoms with van der Waals surface area (Å²) in [4.78, 5) is 32.1. The van der Waals surface area contributed by atoms with Crippen LogP contribution in [-0.2, 0) is 17.9 Å². The zero-order valence-corrected chi connectivity index (χ0v) is 17.8. The number of carbonyl (C=O) groups excluding carboxylic acids is 2. The van der Waals surface area contributed by atoms with Gasteiger partial charge in [-0.05, 0) is 35.7 Å². The van der Waals surface area contributed by atoms with Crippen LogP contribution in [0.15, 0.2) is 53.5 Å². The molecule has 0 saturated carbocycles. The zero-order chi connectivity index (χ0) is 21.5. The van der Waals surface area contributed by atoms with E-state index >= 15 is 0 Å². The molecule has 2 aromatic rings. The molecule has 2 amide bonds. The fourth-order valence-corrected chi connectivity index (χ4v) is 3.44. The van der Waals surface area contributed by atoms with Crippen molar-refractivity contribution in [2.75, 3.05) is 33.7 Å². The Balaban J connectivity index is 1.56. The first-order valence-electron chi connectivity index (χ1n) is 10.1. The summed E-state index contributed by atoms with van der Waals surface area (Å²) in [6.45, 7) is 4.64. The van der Waals surface area contributed by atoms with Crippen LogP contribution < -0.4 is 10.6 Å². The predicted molar refractivity (Wildman–Crippen MR) is 118 cm³/mol. The number of benzene rings is 2. The fourth-order valence-electron chi connectivity index (χ4n) is 3.44. The van der Waals surface area contributed by atoms with Crippen LogP contribution in [0.5, 0.6) is 0 Å². The van der Waals surface area contributed by atoms with Crippen LogP contribution in [0.25, 0.3) is 0 Å². The molecule has 158 valence electrons. The van der Waals surface area contributed by atoms with Crippen molar-refractivity contribution < 1.29 is 9.59 Å². The number of aliphatic imine (C=N–C) groups is 1. The Morgan fingerprint density at radius 2 is 1.93 bits per heavy atom. The van der Waals surface area contributed by atoms with Gasteiger partial charge in [-0.15, -0.1) is 0 Å². The molecule has 0 radical (unpaired) electrons. The zero-order valence-electron chi connectivity index (χ0n) is 17.8.